The largest absolute Gasteiger partial charge is 0.355 e. The highest BCUT2D eigenvalue weighted by molar-refractivity contribution is 5.78. The van der Waals surface area contributed by atoms with Crippen LogP contribution in [-0.2, 0) is 4.79 Å². The van der Waals surface area contributed by atoms with Crippen LogP contribution in [0.25, 0.3) is 0 Å². The molecule has 0 radical (unpaired) electrons. The van der Waals surface area contributed by atoms with Crippen molar-refractivity contribution in [3.63, 3.8) is 0 Å². The Hall–Kier alpha value is -0.610. The van der Waals surface area contributed by atoms with Crippen LogP contribution in [0.4, 0.5) is 0 Å². The van der Waals surface area contributed by atoms with Crippen molar-refractivity contribution in [2.24, 2.45) is 11.7 Å². The minimum absolute atomic E-state index is 0.0806. The zero-order valence-electron chi connectivity index (χ0n) is 11.3. The monoisotopic (exact) mass is 229 g/mol. The van der Waals surface area contributed by atoms with Gasteiger partial charge in [-0.15, -0.1) is 0 Å². The molecule has 4 nitrogen and oxygen atoms in total. The summed E-state index contributed by atoms with van der Waals surface area (Å²) in [4.78, 5) is 13.8. The summed E-state index contributed by atoms with van der Waals surface area (Å²) in [5, 5.41) is 2.92. The summed E-state index contributed by atoms with van der Waals surface area (Å²) in [6.07, 6.45) is 0. The van der Waals surface area contributed by atoms with Crippen molar-refractivity contribution in [1.82, 2.24) is 10.2 Å². The van der Waals surface area contributed by atoms with Crippen LogP contribution in [0.2, 0.25) is 0 Å². The summed E-state index contributed by atoms with van der Waals surface area (Å²) in [5.74, 6) is 0.568. The van der Waals surface area contributed by atoms with Gasteiger partial charge in [0.05, 0.1) is 6.54 Å². The number of nitrogens with one attached hydrogen (secondary N) is 1. The van der Waals surface area contributed by atoms with E-state index in [1.165, 1.54) is 0 Å². The minimum atomic E-state index is -0.121. The van der Waals surface area contributed by atoms with E-state index in [2.05, 4.69) is 37.9 Å². The fourth-order valence-corrected chi connectivity index (χ4v) is 1.43. The van der Waals surface area contributed by atoms with E-state index in [1.807, 2.05) is 6.92 Å². The molecule has 4 heteroatoms. The van der Waals surface area contributed by atoms with Gasteiger partial charge in [0, 0.05) is 18.6 Å². The van der Waals surface area contributed by atoms with E-state index in [9.17, 15) is 4.79 Å². The quantitative estimate of drug-likeness (QED) is 0.679. The predicted octanol–water partition coefficient (Wildman–Crippen LogP) is 0.818. The molecule has 0 aliphatic carbocycles. The maximum absolute atomic E-state index is 11.7. The molecule has 0 saturated carbocycles. The van der Waals surface area contributed by atoms with E-state index >= 15 is 0 Å². The van der Waals surface area contributed by atoms with Crippen LogP contribution in [0, 0.1) is 5.92 Å². The van der Waals surface area contributed by atoms with Crippen molar-refractivity contribution >= 4 is 5.91 Å². The first kappa shape index (κ1) is 15.4. The molecule has 0 bridgehead atoms. The van der Waals surface area contributed by atoms with Gasteiger partial charge in [0.15, 0.2) is 0 Å². The van der Waals surface area contributed by atoms with Crippen LogP contribution in [0.3, 0.4) is 0 Å². The lowest BCUT2D eigenvalue weighted by atomic mass is 10.0. The summed E-state index contributed by atoms with van der Waals surface area (Å²) in [5.41, 5.74) is 5.59. The lowest BCUT2D eigenvalue weighted by molar-refractivity contribution is -0.123. The molecule has 0 atom stereocenters. The number of rotatable bonds is 7. The standard InChI is InChI=1S/C12H27N3O/c1-6-15(12(4,5)9-13)8-11(16)14-7-10(2)3/h10H,6-9,13H2,1-5H3,(H,14,16). The van der Waals surface area contributed by atoms with Crippen LogP contribution >= 0.6 is 0 Å². The smallest absolute Gasteiger partial charge is 0.234 e. The molecule has 96 valence electrons. The molecular weight excluding hydrogens is 202 g/mol. The van der Waals surface area contributed by atoms with Gasteiger partial charge in [0.25, 0.3) is 0 Å². The molecular formula is C12H27N3O. The summed E-state index contributed by atoms with van der Waals surface area (Å²) in [6, 6.07) is 0. The normalized spacial score (nSPS) is 12.2. The highest BCUT2D eigenvalue weighted by Crippen LogP contribution is 2.11. The molecule has 1 amide bonds. The molecule has 0 fully saturated rings. The first-order chi connectivity index (χ1) is 7.33. The van der Waals surface area contributed by atoms with Crippen molar-refractivity contribution in [2.45, 2.75) is 40.2 Å². The van der Waals surface area contributed by atoms with Crippen LogP contribution in [-0.4, -0.2) is 42.5 Å². The number of likely N-dealkylation sites (N-methyl/N-ethyl adjacent to an activating group) is 1. The van der Waals surface area contributed by atoms with Crippen LogP contribution < -0.4 is 11.1 Å². The minimum Gasteiger partial charge on any atom is -0.355 e. The van der Waals surface area contributed by atoms with Gasteiger partial charge in [0.1, 0.15) is 0 Å². The molecule has 0 saturated heterocycles. The van der Waals surface area contributed by atoms with E-state index < -0.39 is 0 Å². The van der Waals surface area contributed by atoms with Gasteiger partial charge in [-0.3, -0.25) is 9.69 Å². The third kappa shape index (κ3) is 5.47. The molecule has 0 aliphatic heterocycles. The van der Waals surface area contributed by atoms with Crippen molar-refractivity contribution in [2.75, 3.05) is 26.2 Å². The molecule has 3 N–H and O–H groups in total. The highest BCUT2D eigenvalue weighted by Gasteiger charge is 2.25. The molecule has 0 spiro atoms. The third-order valence-corrected chi connectivity index (χ3v) is 2.78. The van der Waals surface area contributed by atoms with Crippen molar-refractivity contribution in [3.05, 3.63) is 0 Å². The SMILES string of the molecule is CCN(CC(=O)NCC(C)C)C(C)(C)CN. The molecule has 0 rings (SSSR count). The number of amides is 1. The first-order valence-electron chi connectivity index (χ1n) is 6.05. The Kier molecular flexibility index (Phi) is 6.60. The summed E-state index contributed by atoms with van der Waals surface area (Å²) < 4.78 is 0. The fraction of sp³-hybridized carbons (Fsp3) is 0.917. The Morgan fingerprint density at radius 3 is 2.38 bits per heavy atom. The van der Waals surface area contributed by atoms with Gasteiger partial charge < -0.3 is 11.1 Å². The van der Waals surface area contributed by atoms with Gasteiger partial charge in [-0.05, 0) is 26.3 Å². The van der Waals surface area contributed by atoms with E-state index in [-0.39, 0.29) is 11.4 Å². The molecule has 16 heavy (non-hydrogen) atoms. The molecule has 0 aliphatic rings. The molecule has 0 heterocycles. The van der Waals surface area contributed by atoms with Gasteiger partial charge in [0.2, 0.25) is 5.91 Å². The second-order valence-corrected chi connectivity index (χ2v) is 5.23. The number of nitrogens with zero attached hydrogens (tertiary/aromatic N) is 1. The van der Waals surface area contributed by atoms with Crippen LogP contribution in [0.15, 0.2) is 0 Å². The Bertz CT molecular complexity index is 214. The predicted molar refractivity (Wildman–Crippen MR) is 68.2 cm³/mol. The van der Waals surface area contributed by atoms with Gasteiger partial charge in [-0.25, -0.2) is 0 Å². The van der Waals surface area contributed by atoms with E-state index in [1.54, 1.807) is 0 Å². The lowest BCUT2D eigenvalue weighted by Gasteiger charge is -2.36. The van der Waals surface area contributed by atoms with Crippen molar-refractivity contribution in [1.29, 1.82) is 0 Å². The second-order valence-electron chi connectivity index (χ2n) is 5.23. The Labute approximate surface area is 99.6 Å². The average Bonchev–Trinajstić information content (AvgIpc) is 2.22. The highest BCUT2D eigenvalue weighted by atomic mass is 16.2. The fourth-order valence-electron chi connectivity index (χ4n) is 1.43. The Balaban J connectivity index is 4.17. The van der Waals surface area contributed by atoms with E-state index in [4.69, 9.17) is 5.73 Å². The number of hydrogen-bond acceptors (Lipinski definition) is 3. The molecule has 0 aromatic carbocycles. The van der Waals surface area contributed by atoms with Crippen LogP contribution in [0.5, 0.6) is 0 Å². The Morgan fingerprint density at radius 1 is 1.44 bits per heavy atom. The summed E-state index contributed by atoms with van der Waals surface area (Å²) in [6.45, 7) is 12.9. The zero-order valence-corrected chi connectivity index (χ0v) is 11.3. The van der Waals surface area contributed by atoms with Gasteiger partial charge in [-0.1, -0.05) is 20.8 Å². The van der Waals surface area contributed by atoms with Crippen molar-refractivity contribution < 1.29 is 4.79 Å². The van der Waals surface area contributed by atoms with Gasteiger partial charge >= 0.3 is 0 Å². The van der Waals surface area contributed by atoms with Gasteiger partial charge in [-0.2, -0.15) is 0 Å². The lowest BCUT2D eigenvalue weighted by Crippen LogP contribution is -2.52. The zero-order chi connectivity index (χ0) is 12.8. The second kappa shape index (κ2) is 6.86. The topological polar surface area (TPSA) is 58.4 Å². The van der Waals surface area contributed by atoms with Crippen LogP contribution in [0.1, 0.15) is 34.6 Å². The maximum Gasteiger partial charge on any atom is 0.234 e. The maximum atomic E-state index is 11.7. The molecule has 0 aromatic rings. The average molecular weight is 229 g/mol. The number of hydrogen-bond donors (Lipinski definition) is 2. The summed E-state index contributed by atoms with van der Waals surface area (Å²) in [7, 11) is 0. The Morgan fingerprint density at radius 2 is 2.00 bits per heavy atom. The molecule has 0 aromatic heterocycles. The van der Waals surface area contributed by atoms with E-state index in [0.717, 1.165) is 13.1 Å². The van der Waals surface area contributed by atoms with E-state index in [0.29, 0.717) is 19.0 Å². The number of nitrogens with two attached hydrogens (primary N) is 1. The number of carbonyl (C=O) groups excluding carboxylic acids is 1. The molecule has 0 unspecified atom stereocenters. The van der Waals surface area contributed by atoms with Crippen molar-refractivity contribution in [3.8, 4) is 0 Å². The first-order valence-corrected chi connectivity index (χ1v) is 6.05. The third-order valence-electron chi connectivity index (χ3n) is 2.78. The summed E-state index contributed by atoms with van der Waals surface area (Å²) >= 11 is 0. The number of carbonyl (C=O) groups is 1.